The zero-order valence-corrected chi connectivity index (χ0v) is 19.3. The van der Waals surface area contributed by atoms with E-state index in [2.05, 4.69) is 6.58 Å². The van der Waals surface area contributed by atoms with Crippen molar-refractivity contribution in [2.75, 3.05) is 5.75 Å². The molecular weight excluding hydrogens is 487 g/mol. The van der Waals surface area contributed by atoms with Gasteiger partial charge >= 0.3 is 5.97 Å². The third-order valence-corrected chi connectivity index (χ3v) is 6.69. The maximum atomic E-state index is 13.2. The van der Waals surface area contributed by atoms with Gasteiger partial charge in [0.1, 0.15) is 23.9 Å². The number of halogens is 1. The minimum Gasteiger partial charge on any atom is -0.614 e. The normalized spacial score (nSPS) is 16.7. The van der Waals surface area contributed by atoms with E-state index in [0.29, 0.717) is 5.56 Å². The van der Waals surface area contributed by atoms with Crippen LogP contribution in [0.3, 0.4) is 0 Å². The highest BCUT2D eigenvalue weighted by Crippen LogP contribution is 2.30. The molecule has 2 aromatic rings. The van der Waals surface area contributed by atoms with E-state index in [1.807, 2.05) is 0 Å². The number of hydrogen-bond acceptors (Lipinski definition) is 8. The molecule has 3 rings (SSSR count). The summed E-state index contributed by atoms with van der Waals surface area (Å²) < 4.78 is 36.5. The summed E-state index contributed by atoms with van der Waals surface area (Å²) in [6.07, 6.45) is 1.39. The van der Waals surface area contributed by atoms with Crippen LogP contribution in [0, 0.1) is 15.9 Å². The fraction of sp³-hybridized carbons (Fsp3) is 0.227. The predicted octanol–water partition coefficient (Wildman–Crippen LogP) is 3.05. The van der Waals surface area contributed by atoms with Gasteiger partial charge in [-0.3, -0.25) is 19.8 Å². The Morgan fingerprint density at radius 1 is 1.29 bits per heavy atom. The van der Waals surface area contributed by atoms with Crippen LogP contribution in [0.5, 0.6) is 5.75 Å². The molecule has 3 unspecified atom stereocenters. The summed E-state index contributed by atoms with van der Waals surface area (Å²) in [6, 6.07) is 8.74. The molecule has 1 amide bonds. The number of non-ortho nitro benzene ring substituents is 1. The SMILES string of the molecule is C=CC[S+]([O-])C1CC(=O)N1C(C(=O)OCc1ccc([N+](=O)[O-])cc1)C(=S)Oc1ccc(F)cc1. The summed E-state index contributed by atoms with van der Waals surface area (Å²) in [5.41, 5.74) is 0.338. The maximum Gasteiger partial charge on any atom is 0.338 e. The van der Waals surface area contributed by atoms with Crippen molar-refractivity contribution in [1.82, 2.24) is 4.90 Å². The number of ether oxygens (including phenoxy) is 2. The number of carbonyl (C=O) groups excluding carboxylic acids is 2. The van der Waals surface area contributed by atoms with Gasteiger partial charge in [0.05, 0.1) is 11.3 Å². The monoisotopic (exact) mass is 506 g/mol. The van der Waals surface area contributed by atoms with E-state index < -0.39 is 45.2 Å². The number of likely N-dealkylation sites (tertiary alicyclic amines) is 1. The number of rotatable bonds is 10. The molecule has 0 spiro atoms. The molecule has 0 N–H and O–H groups in total. The summed E-state index contributed by atoms with van der Waals surface area (Å²) >= 11 is 3.74. The largest absolute Gasteiger partial charge is 0.614 e. The molecule has 34 heavy (non-hydrogen) atoms. The number of nitro benzene ring substituents is 1. The lowest BCUT2D eigenvalue weighted by atomic mass is 10.1. The fourth-order valence-corrected chi connectivity index (χ4v) is 4.69. The van der Waals surface area contributed by atoms with Crippen molar-refractivity contribution >= 4 is 46.0 Å². The van der Waals surface area contributed by atoms with Crippen LogP contribution < -0.4 is 4.74 Å². The van der Waals surface area contributed by atoms with Crippen molar-refractivity contribution in [3.05, 3.63) is 82.7 Å². The van der Waals surface area contributed by atoms with Gasteiger partial charge < -0.3 is 14.0 Å². The number of nitrogens with zero attached hydrogens (tertiary/aromatic N) is 2. The van der Waals surface area contributed by atoms with E-state index in [4.69, 9.17) is 21.7 Å². The van der Waals surface area contributed by atoms with Crippen molar-refractivity contribution in [3.63, 3.8) is 0 Å². The number of carbonyl (C=O) groups is 2. The molecule has 2 aromatic carbocycles. The Bertz CT molecular complexity index is 1100. The van der Waals surface area contributed by atoms with Crippen LogP contribution in [0.2, 0.25) is 0 Å². The Kier molecular flexibility index (Phi) is 8.31. The van der Waals surface area contributed by atoms with E-state index in [0.717, 1.165) is 17.0 Å². The second-order valence-electron chi connectivity index (χ2n) is 7.10. The highest BCUT2D eigenvalue weighted by molar-refractivity contribution is 7.92. The van der Waals surface area contributed by atoms with Gasteiger partial charge in [0.25, 0.3) is 5.69 Å². The molecule has 0 aliphatic carbocycles. The zero-order chi connectivity index (χ0) is 24.8. The van der Waals surface area contributed by atoms with Gasteiger partial charge in [-0.1, -0.05) is 6.58 Å². The van der Waals surface area contributed by atoms with Gasteiger partial charge in [-0.15, -0.1) is 0 Å². The molecule has 0 aromatic heterocycles. The number of benzene rings is 2. The molecule has 0 radical (unpaired) electrons. The van der Waals surface area contributed by atoms with E-state index in [1.54, 1.807) is 0 Å². The Morgan fingerprint density at radius 2 is 1.94 bits per heavy atom. The molecule has 1 heterocycles. The van der Waals surface area contributed by atoms with Crippen LogP contribution in [-0.2, 0) is 32.1 Å². The molecule has 1 aliphatic heterocycles. The third kappa shape index (κ3) is 5.95. The summed E-state index contributed by atoms with van der Waals surface area (Å²) in [4.78, 5) is 36.7. The van der Waals surface area contributed by atoms with Gasteiger partial charge in [-0.2, -0.15) is 0 Å². The van der Waals surface area contributed by atoms with Gasteiger partial charge in [0.15, 0.2) is 0 Å². The second-order valence-corrected chi connectivity index (χ2v) is 9.15. The summed E-state index contributed by atoms with van der Waals surface area (Å²) in [5.74, 6) is -1.67. The van der Waals surface area contributed by atoms with Crippen LogP contribution in [0.15, 0.2) is 61.2 Å². The minimum atomic E-state index is -1.53. The fourth-order valence-electron chi connectivity index (χ4n) is 3.10. The lowest BCUT2D eigenvalue weighted by Crippen LogP contribution is -2.65. The van der Waals surface area contributed by atoms with Gasteiger partial charge in [-0.25, -0.2) is 9.18 Å². The quantitative estimate of drug-likeness (QED) is 0.0917. The molecule has 12 heteroatoms. The molecule has 3 atom stereocenters. The third-order valence-electron chi connectivity index (χ3n) is 4.82. The molecule has 1 saturated heterocycles. The van der Waals surface area contributed by atoms with E-state index >= 15 is 0 Å². The minimum absolute atomic E-state index is 0.0499. The van der Waals surface area contributed by atoms with Crippen molar-refractivity contribution in [2.45, 2.75) is 24.4 Å². The molecule has 0 saturated carbocycles. The van der Waals surface area contributed by atoms with Crippen molar-refractivity contribution < 1.29 is 32.9 Å². The smallest absolute Gasteiger partial charge is 0.338 e. The Balaban J connectivity index is 1.79. The Labute approximate surface area is 202 Å². The number of β-lactam (4-membered cyclic amide) rings is 1. The molecule has 1 fully saturated rings. The first-order valence-electron chi connectivity index (χ1n) is 9.87. The van der Waals surface area contributed by atoms with E-state index in [1.165, 1.54) is 42.5 Å². The van der Waals surface area contributed by atoms with Crippen molar-refractivity contribution in [2.24, 2.45) is 0 Å². The topological polar surface area (TPSA) is 122 Å². The molecule has 0 bridgehead atoms. The highest BCUT2D eigenvalue weighted by Gasteiger charge is 2.52. The summed E-state index contributed by atoms with van der Waals surface area (Å²) in [5, 5.41) is 9.66. The van der Waals surface area contributed by atoms with Crippen LogP contribution >= 0.6 is 12.2 Å². The summed E-state index contributed by atoms with van der Waals surface area (Å²) in [7, 11) is 0. The first kappa shape index (κ1) is 25.3. The number of esters is 1. The average Bonchev–Trinajstić information content (AvgIpc) is 2.81. The van der Waals surface area contributed by atoms with Crippen molar-refractivity contribution in [3.8, 4) is 5.75 Å². The van der Waals surface area contributed by atoms with Crippen LogP contribution in [0.1, 0.15) is 12.0 Å². The lowest BCUT2D eigenvalue weighted by Gasteiger charge is -2.43. The number of hydrogen-bond donors (Lipinski definition) is 0. The van der Waals surface area contributed by atoms with Crippen LogP contribution in [0.25, 0.3) is 0 Å². The van der Waals surface area contributed by atoms with Crippen molar-refractivity contribution in [1.29, 1.82) is 0 Å². The number of amides is 1. The molecular formula is C22H19FN2O7S2. The van der Waals surface area contributed by atoms with E-state index in [9.17, 15) is 28.6 Å². The van der Waals surface area contributed by atoms with Crippen LogP contribution in [-0.4, -0.2) is 48.5 Å². The molecule has 1 aliphatic rings. The maximum absolute atomic E-state index is 13.2. The van der Waals surface area contributed by atoms with Crippen LogP contribution in [0.4, 0.5) is 10.1 Å². The summed E-state index contributed by atoms with van der Waals surface area (Å²) in [6.45, 7) is 3.28. The zero-order valence-electron chi connectivity index (χ0n) is 17.6. The standard InChI is InChI=1S/C22H19FN2O7S2/c1-2-11-34(30)19-12-18(26)24(19)20(22(33)32-17-9-5-15(23)6-10-17)21(27)31-13-14-3-7-16(8-4-14)25(28)29/h2-10,19-20H,1,11-13H2. The average molecular weight is 507 g/mol. The molecule has 178 valence electrons. The second kappa shape index (κ2) is 11.2. The predicted molar refractivity (Wildman–Crippen MR) is 125 cm³/mol. The van der Waals surface area contributed by atoms with Gasteiger partial charge in [0.2, 0.25) is 22.4 Å². The highest BCUT2D eigenvalue weighted by atomic mass is 32.2. The Morgan fingerprint density at radius 3 is 2.50 bits per heavy atom. The number of nitro groups is 1. The lowest BCUT2D eigenvalue weighted by molar-refractivity contribution is -0.384. The van der Waals surface area contributed by atoms with Gasteiger partial charge in [-0.05, 0) is 71.4 Å². The van der Waals surface area contributed by atoms with Gasteiger partial charge in [0, 0.05) is 12.1 Å². The first-order chi connectivity index (χ1) is 16.2. The Hall–Kier alpha value is -3.35. The first-order valence-corrected chi connectivity index (χ1v) is 11.7. The molecule has 9 nitrogen and oxygen atoms in total. The van der Waals surface area contributed by atoms with E-state index in [-0.39, 0.29) is 35.3 Å². The number of thiocarbonyl (C=S) groups is 1.